The first-order valence-corrected chi connectivity index (χ1v) is 5.68. The van der Waals surface area contributed by atoms with Crippen molar-refractivity contribution in [2.24, 2.45) is 5.92 Å². The number of ketones is 1. The van der Waals surface area contributed by atoms with Gasteiger partial charge in [-0.05, 0) is 25.7 Å². The van der Waals surface area contributed by atoms with E-state index in [9.17, 15) is 4.79 Å². The molecule has 0 saturated heterocycles. The number of rotatable bonds is 6. The van der Waals surface area contributed by atoms with E-state index in [1.807, 2.05) is 6.92 Å². The zero-order valence-corrected chi connectivity index (χ0v) is 9.72. The van der Waals surface area contributed by atoms with E-state index in [1.165, 1.54) is 6.33 Å². The van der Waals surface area contributed by atoms with Crippen molar-refractivity contribution in [3.8, 4) is 0 Å². The highest BCUT2D eigenvalue weighted by Gasteiger charge is 2.36. The monoisotopic (exact) mass is 223 g/mol. The lowest BCUT2D eigenvalue weighted by Crippen LogP contribution is -2.28. The Morgan fingerprint density at radius 1 is 1.69 bits per heavy atom. The van der Waals surface area contributed by atoms with Gasteiger partial charge in [0.2, 0.25) is 0 Å². The Bertz CT molecular complexity index is 371. The first kappa shape index (κ1) is 11.3. The summed E-state index contributed by atoms with van der Waals surface area (Å²) in [4.78, 5) is 16.1. The minimum absolute atomic E-state index is 0.118. The third kappa shape index (κ3) is 2.29. The number of methoxy groups -OCH3 is 1. The summed E-state index contributed by atoms with van der Waals surface area (Å²) in [6.45, 7) is 2.72. The molecule has 1 fully saturated rings. The van der Waals surface area contributed by atoms with Crippen LogP contribution in [-0.4, -0.2) is 33.8 Å². The van der Waals surface area contributed by atoms with E-state index < -0.39 is 0 Å². The minimum atomic E-state index is -0.248. The zero-order valence-electron chi connectivity index (χ0n) is 9.72. The lowest BCUT2D eigenvalue weighted by Gasteiger charge is -2.12. The van der Waals surface area contributed by atoms with Crippen LogP contribution in [-0.2, 0) is 22.5 Å². The molecule has 0 radical (unpaired) electrons. The van der Waals surface area contributed by atoms with Crippen LogP contribution in [0.25, 0.3) is 0 Å². The predicted molar refractivity (Wildman–Crippen MR) is 57.9 cm³/mol. The topological polar surface area (TPSA) is 57.0 Å². The third-order valence-electron chi connectivity index (χ3n) is 2.95. The number of carbonyl (C=O) groups is 1. The van der Waals surface area contributed by atoms with Crippen molar-refractivity contribution >= 4 is 5.78 Å². The second-order valence-electron chi connectivity index (χ2n) is 4.13. The summed E-state index contributed by atoms with van der Waals surface area (Å²) in [5.41, 5.74) is 0. The average molecular weight is 223 g/mol. The molecule has 1 aromatic rings. The van der Waals surface area contributed by atoms with Crippen molar-refractivity contribution in [3.05, 3.63) is 12.2 Å². The van der Waals surface area contributed by atoms with E-state index in [2.05, 4.69) is 10.1 Å². The molecule has 5 nitrogen and oxygen atoms in total. The van der Waals surface area contributed by atoms with Crippen molar-refractivity contribution in [2.45, 2.75) is 38.8 Å². The molecule has 16 heavy (non-hydrogen) atoms. The van der Waals surface area contributed by atoms with Gasteiger partial charge in [0, 0.05) is 13.7 Å². The van der Waals surface area contributed by atoms with Gasteiger partial charge in [0.15, 0.2) is 5.78 Å². The van der Waals surface area contributed by atoms with Crippen molar-refractivity contribution in [3.63, 3.8) is 0 Å². The lowest BCUT2D eigenvalue weighted by atomic mass is 10.1. The van der Waals surface area contributed by atoms with E-state index in [-0.39, 0.29) is 11.9 Å². The highest BCUT2D eigenvalue weighted by Crippen LogP contribution is 2.34. The quantitative estimate of drug-likeness (QED) is 0.717. The van der Waals surface area contributed by atoms with Gasteiger partial charge in [-0.1, -0.05) is 0 Å². The van der Waals surface area contributed by atoms with Gasteiger partial charge in [-0.25, -0.2) is 9.67 Å². The summed E-state index contributed by atoms with van der Waals surface area (Å²) >= 11 is 0. The second-order valence-corrected chi connectivity index (χ2v) is 4.13. The molecule has 1 atom stereocenters. The second kappa shape index (κ2) is 4.74. The SMILES string of the molecule is CCn1ncnc1CC(=O)C(OC)C1CC1. The molecule has 0 aliphatic heterocycles. The normalized spacial score (nSPS) is 17.4. The van der Waals surface area contributed by atoms with Gasteiger partial charge >= 0.3 is 0 Å². The zero-order chi connectivity index (χ0) is 11.5. The summed E-state index contributed by atoms with van der Waals surface area (Å²) < 4.78 is 7.00. The van der Waals surface area contributed by atoms with Gasteiger partial charge in [-0.3, -0.25) is 4.79 Å². The highest BCUT2D eigenvalue weighted by molar-refractivity contribution is 5.85. The Labute approximate surface area is 94.8 Å². The van der Waals surface area contributed by atoms with Gasteiger partial charge < -0.3 is 4.74 Å². The van der Waals surface area contributed by atoms with E-state index in [1.54, 1.807) is 11.8 Å². The van der Waals surface area contributed by atoms with Crippen molar-refractivity contribution in [1.82, 2.24) is 14.8 Å². The molecule has 1 aliphatic rings. The standard InChI is InChI=1S/C11H17N3O2/c1-3-14-10(12-7-13-14)6-9(15)11(16-2)8-4-5-8/h7-8,11H,3-6H2,1-2H3. The maximum Gasteiger partial charge on any atom is 0.169 e. The highest BCUT2D eigenvalue weighted by atomic mass is 16.5. The summed E-state index contributed by atoms with van der Waals surface area (Å²) in [5, 5.41) is 4.05. The number of hydrogen-bond acceptors (Lipinski definition) is 4. The van der Waals surface area contributed by atoms with Gasteiger partial charge in [0.25, 0.3) is 0 Å². The van der Waals surface area contributed by atoms with Crippen molar-refractivity contribution in [1.29, 1.82) is 0 Å². The Morgan fingerprint density at radius 2 is 2.44 bits per heavy atom. The molecule has 0 spiro atoms. The van der Waals surface area contributed by atoms with Crippen LogP contribution in [0.15, 0.2) is 6.33 Å². The third-order valence-corrected chi connectivity index (χ3v) is 2.95. The summed E-state index contributed by atoms with van der Waals surface area (Å²) in [6, 6.07) is 0. The van der Waals surface area contributed by atoms with Crippen LogP contribution >= 0.6 is 0 Å². The van der Waals surface area contributed by atoms with Gasteiger partial charge in [0.05, 0.1) is 6.42 Å². The van der Waals surface area contributed by atoms with E-state index in [0.717, 1.165) is 25.2 Å². The van der Waals surface area contributed by atoms with Crippen molar-refractivity contribution in [2.75, 3.05) is 7.11 Å². The Balaban J connectivity index is 2.00. The van der Waals surface area contributed by atoms with Crippen LogP contribution in [0.3, 0.4) is 0 Å². The maximum absolute atomic E-state index is 12.0. The van der Waals surface area contributed by atoms with Gasteiger partial charge in [-0.15, -0.1) is 0 Å². The fourth-order valence-corrected chi connectivity index (χ4v) is 1.93. The number of ether oxygens (including phenoxy) is 1. The Hall–Kier alpha value is -1.23. The molecule has 0 bridgehead atoms. The molecule has 0 N–H and O–H groups in total. The molecule has 5 heteroatoms. The first-order chi connectivity index (χ1) is 7.76. The van der Waals surface area contributed by atoms with Crippen LogP contribution in [0.4, 0.5) is 0 Å². The minimum Gasteiger partial charge on any atom is -0.373 e. The Morgan fingerprint density at radius 3 is 3.00 bits per heavy atom. The molecule has 1 heterocycles. The number of Topliss-reactive ketones (excluding diaryl/α,β-unsaturated/α-hetero) is 1. The lowest BCUT2D eigenvalue weighted by molar-refractivity contribution is -0.129. The van der Waals surface area contributed by atoms with E-state index >= 15 is 0 Å². The number of aryl methyl sites for hydroxylation is 1. The van der Waals surface area contributed by atoms with Crippen LogP contribution in [0.1, 0.15) is 25.6 Å². The van der Waals surface area contributed by atoms with Crippen LogP contribution in [0, 0.1) is 5.92 Å². The number of nitrogens with zero attached hydrogens (tertiary/aromatic N) is 3. The molecule has 0 amide bonds. The molecule has 1 aromatic heterocycles. The smallest absolute Gasteiger partial charge is 0.169 e. The molecule has 88 valence electrons. The molecule has 0 aromatic carbocycles. The summed E-state index contributed by atoms with van der Waals surface area (Å²) in [7, 11) is 1.60. The predicted octanol–water partition coefficient (Wildman–Crippen LogP) is 0.835. The molecular weight excluding hydrogens is 206 g/mol. The summed E-state index contributed by atoms with van der Waals surface area (Å²) in [6.07, 6.45) is 3.77. The largest absolute Gasteiger partial charge is 0.373 e. The molecule has 1 unspecified atom stereocenters. The maximum atomic E-state index is 12.0. The molecule has 1 saturated carbocycles. The number of hydrogen-bond donors (Lipinski definition) is 0. The van der Waals surface area contributed by atoms with Crippen molar-refractivity contribution < 1.29 is 9.53 Å². The molecule has 2 rings (SSSR count). The van der Waals surface area contributed by atoms with Gasteiger partial charge in [-0.2, -0.15) is 5.10 Å². The summed E-state index contributed by atoms with van der Waals surface area (Å²) in [5.74, 6) is 1.28. The fraction of sp³-hybridized carbons (Fsp3) is 0.727. The Kier molecular flexibility index (Phi) is 3.33. The fourth-order valence-electron chi connectivity index (χ4n) is 1.93. The number of carbonyl (C=O) groups excluding carboxylic acids is 1. The molecule has 1 aliphatic carbocycles. The van der Waals surface area contributed by atoms with Crippen LogP contribution < -0.4 is 0 Å². The van der Waals surface area contributed by atoms with E-state index in [4.69, 9.17) is 4.74 Å². The average Bonchev–Trinajstić information content (AvgIpc) is 3.00. The van der Waals surface area contributed by atoms with E-state index in [0.29, 0.717) is 12.3 Å². The first-order valence-electron chi connectivity index (χ1n) is 5.68. The molecular formula is C11H17N3O2. The van der Waals surface area contributed by atoms with Crippen LogP contribution in [0.5, 0.6) is 0 Å². The van der Waals surface area contributed by atoms with Gasteiger partial charge in [0.1, 0.15) is 18.3 Å². The van der Waals surface area contributed by atoms with Crippen LogP contribution in [0.2, 0.25) is 0 Å². The number of aromatic nitrogens is 3.